The Morgan fingerprint density at radius 1 is 1.20 bits per heavy atom. The van der Waals surface area contributed by atoms with Crippen LogP contribution in [0.4, 0.5) is 0 Å². The van der Waals surface area contributed by atoms with Crippen LogP contribution in [0.1, 0.15) is 57.9 Å². The summed E-state index contributed by atoms with van der Waals surface area (Å²) in [4.78, 5) is 0. The lowest BCUT2D eigenvalue weighted by molar-refractivity contribution is 0.211. The summed E-state index contributed by atoms with van der Waals surface area (Å²) >= 11 is 0. The molecule has 0 saturated carbocycles. The van der Waals surface area contributed by atoms with Gasteiger partial charge in [0.15, 0.2) is 0 Å². The molecule has 0 amide bonds. The Bertz CT molecular complexity index is 400. The Balaban J connectivity index is 2.24. The summed E-state index contributed by atoms with van der Waals surface area (Å²) in [6.45, 7) is 8.85. The first-order chi connectivity index (χ1) is 9.81. The van der Waals surface area contributed by atoms with E-state index < -0.39 is 0 Å². The van der Waals surface area contributed by atoms with E-state index in [0.717, 1.165) is 31.2 Å². The van der Waals surface area contributed by atoms with Gasteiger partial charge in [-0.25, -0.2) is 0 Å². The normalized spacial score (nSPS) is 19.5. The minimum Gasteiger partial charge on any atom is -0.493 e. The summed E-state index contributed by atoms with van der Waals surface area (Å²) in [6, 6.07) is 9.17. The van der Waals surface area contributed by atoms with E-state index in [9.17, 15) is 0 Å². The molecule has 112 valence electrons. The van der Waals surface area contributed by atoms with Crippen LogP contribution >= 0.6 is 0 Å². The van der Waals surface area contributed by atoms with Crippen molar-refractivity contribution in [2.75, 3.05) is 13.2 Å². The number of rotatable bonds is 7. The number of fused-ring (bicyclic) bond motifs is 1. The molecule has 1 aliphatic heterocycles. The predicted molar refractivity (Wildman–Crippen MR) is 85.4 cm³/mol. The van der Waals surface area contributed by atoms with E-state index >= 15 is 0 Å². The minimum atomic E-state index is 0.579. The van der Waals surface area contributed by atoms with Gasteiger partial charge in [-0.2, -0.15) is 0 Å². The molecule has 0 saturated heterocycles. The molecule has 0 radical (unpaired) electrons. The molecule has 1 aromatic rings. The van der Waals surface area contributed by atoms with E-state index in [1.165, 1.54) is 24.8 Å². The maximum atomic E-state index is 5.83. The highest BCUT2D eigenvalue weighted by Crippen LogP contribution is 2.38. The lowest BCUT2D eigenvalue weighted by Crippen LogP contribution is -2.43. The van der Waals surface area contributed by atoms with Crippen molar-refractivity contribution in [2.24, 2.45) is 5.92 Å². The van der Waals surface area contributed by atoms with Crippen LogP contribution in [-0.4, -0.2) is 19.2 Å². The number of ether oxygens (including phenoxy) is 1. The fourth-order valence-corrected chi connectivity index (χ4v) is 3.49. The van der Waals surface area contributed by atoms with Crippen molar-refractivity contribution in [2.45, 2.75) is 58.4 Å². The standard InChI is InChI=1S/C18H29NO/c1-4-12-19-18(14(5-2)6-3)16-11-13-20-17-10-8-7-9-15(16)17/h7-10,14,16,18-19H,4-6,11-13H2,1-3H3. The zero-order chi connectivity index (χ0) is 14.4. The summed E-state index contributed by atoms with van der Waals surface area (Å²) in [5.74, 6) is 2.44. The molecule has 0 aliphatic carbocycles. The molecular formula is C18H29NO. The Morgan fingerprint density at radius 2 is 1.95 bits per heavy atom. The molecular weight excluding hydrogens is 246 g/mol. The maximum absolute atomic E-state index is 5.83. The highest BCUT2D eigenvalue weighted by Gasteiger charge is 2.32. The molecule has 2 rings (SSSR count). The van der Waals surface area contributed by atoms with Crippen LogP contribution in [0.15, 0.2) is 24.3 Å². The highest BCUT2D eigenvalue weighted by molar-refractivity contribution is 5.38. The molecule has 20 heavy (non-hydrogen) atoms. The van der Waals surface area contributed by atoms with Crippen molar-refractivity contribution < 1.29 is 4.74 Å². The second-order valence-electron chi connectivity index (χ2n) is 5.84. The summed E-state index contributed by atoms with van der Waals surface area (Å²) < 4.78 is 5.83. The van der Waals surface area contributed by atoms with Crippen molar-refractivity contribution >= 4 is 0 Å². The zero-order valence-electron chi connectivity index (χ0n) is 13.2. The molecule has 2 heteroatoms. The van der Waals surface area contributed by atoms with Crippen LogP contribution in [0.25, 0.3) is 0 Å². The van der Waals surface area contributed by atoms with Gasteiger partial charge in [-0.15, -0.1) is 0 Å². The van der Waals surface area contributed by atoms with E-state index in [1.807, 2.05) is 0 Å². The number of nitrogens with one attached hydrogen (secondary N) is 1. The second-order valence-corrected chi connectivity index (χ2v) is 5.84. The van der Waals surface area contributed by atoms with Crippen LogP contribution < -0.4 is 10.1 Å². The number of para-hydroxylation sites is 1. The van der Waals surface area contributed by atoms with Gasteiger partial charge in [-0.1, -0.05) is 51.8 Å². The average Bonchev–Trinajstić information content (AvgIpc) is 2.51. The van der Waals surface area contributed by atoms with E-state index in [1.54, 1.807) is 0 Å². The molecule has 1 aromatic carbocycles. The van der Waals surface area contributed by atoms with Crippen LogP contribution in [-0.2, 0) is 0 Å². The molecule has 2 atom stereocenters. The SMILES string of the molecule is CCCNC(C(CC)CC)C1CCOc2ccccc21. The lowest BCUT2D eigenvalue weighted by Gasteiger charge is -2.37. The third-order valence-corrected chi connectivity index (χ3v) is 4.63. The van der Waals surface area contributed by atoms with E-state index in [2.05, 4.69) is 50.4 Å². The molecule has 0 aromatic heterocycles. The maximum Gasteiger partial charge on any atom is 0.122 e. The van der Waals surface area contributed by atoms with Crippen molar-refractivity contribution in [1.29, 1.82) is 0 Å². The van der Waals surface area contributed by atoms with Gasteiger partial charge in [0.05, 0.1) is 6.61 Å². The molecule has 0 fully saturated rings. The first kappa shape index (κ1) is 15.4. The Labute approximate surface area is 123 Å². The number of hydrogen-bond donors (Lipinski definition) is 1. The first-order valence-electron chi connectivity index (χ1n) is 8.26. The Kier molecular flexibility index (Phi) is 5.90. The minimum absolute atomic E-state index is 0.579. The fraction of sp³-hybridized carbons (Fsp3) is 0.667. The van der Waals surface area contributed by atoms with Crippen molar-refractivity contribution in [1.82, 2.24) is 5.32 Å². The number of benzene rings is 1. The molecule has 0 spiro atoms. The average molecular weight is 275 g/mol. The topological polar surface area (TPSA) is 21.3 Å². The molecule has 2 unspecified atom stereocenters. The summed E-state index contributed by atoms with van der Waals surface area (Å²) in [7, 11) is 0. The van der Waals surface area contributed by atoms with Crippen LogP contribution in [0.2, 0.25) is 0 Å². The zero-order valence-corrected chi connectivity index (χ0v) is 13.2. The summed E-state index contributed by atoms with van der Waals surface area (Å²) in [5.41, 5.74) is 1.40. The first-order valence-corrected chi connectivity index (χ1v) is 8.26. The van der Waals surface area contributed by atoms with Gasteiger partial charge < -0.3 is 10.1 Å². The molecule has 1 N–H and O–H groups in total. The van der Waals surface area contributed by atoms with Gasteiger partial charge in [-0.3, -0.25) is 0 Å². The van der Waals surface area contributed by atoms with Crippen LogP contribution in [0.5, 0.6) is 5.75 Å². The van der Waals surface area contributed by atoms with Crippen molar-refractivity contribution in [3.8, 4) is 5.75 Å². The van der Waals surface area contributed by atoms with Gasteiger partial charge in [0.2, 0.25) is 0 Å². The smallest absolute Gasteiger partial charge is 0.122 e. The Hall–Kier alpha value is -1.02. The van der Waals surface area contributed by atoms with Gasteiger partial charge >= 0.3 is 0 Å². The fourth-order valence-electron chi connectivity index (χ4n) is 3.49. The van der Waals surface area contributed by atoms with E-state index in [-0.39, 0.29) is 0 Å². The molecule has 1 heterocycles. The van der Waals surface area contributed by atoms with Gasteiger partial charge in [0, 0.05) is 12.0 Å². The molecule has 1 aliphatic rings. The summed E-state index contributed by atoms with van der Waals surface area (Å²) in [5, 5.41) is 3.83. The van der Waals surface area contributed by atoms with E-state index in [0.29, 0.717) is 12.0 Å². The van der Waals surface area contributed by atoms with Gasteiger partial charge in [0.25, 0.3) is 0 Å². The second kappa shape index (κ2) is 7.68. The third-order valence-electron chi connectivity index (χ3n) is 4.63. The quantitative estimate of drug-likeness (QED) is 0.798. The summed E-state index contributed by atoms with van der Waals surface area (Å²) in [6.07, 6.45) is 4.82. The largest absolute Gasteiger partial charge is 0.493 e. The lowest BCUT2D eigenvalue weighted by atomic mass is 9.78. The molecule has 2 nitrogen and oxygen atoms in total. The number of hydrogen-bond acceptors (Lipinski definition) is 2. The van der Waals surface area contributed by atoms with Gasteiger partial charge in [0.1, 0.15) is 5.75 Å². The highest BCUT2D eigenvalue weighted by atomic mass is 16.5. The van der Waals surface area contributed by atoms with E-state index in [4.69, 9.17) is 4.74 Å². The van der Waals surface area contributed by atoms with Crippen molar-refractivity contribution in [3.63, 3.8) is 0 Å². The third kappa shape index (κ3) is 3.35. The van der Waals surface area contributed by atoms with Crippen LogP contribution in [0.3, 0.4) is 0 Å². The van der Waals surface area contributed by atoms with Crippen molar-refractivity contribution in [3.05, 3.63) is 29.8 Å². The van der Waals surface area contributed by atoms with Crippen LogP contribution in [0, 0.1) is 5.92 Å². The molecule has 0 bridgehead atoms. The van der Waals surface area contributed by atoms with Gasteiger partial charge in [-0.05, 0) is 36.9 Å². The monoisotopic (exact) mass is 275 g/mol. The Morgan fingerprint density at radius 3 is 2.65 bits per heavy atom. The predicted octanol–water partition coefficient (Wildman–Crippen LogP) is 4.36.